The standard InChI is InChI=1S/C31H39N5O/c1-3-34-20-22-36(23-21-34)31(37)26-8-10-28(11-9-26)35-18-14-27(15-19-35)33-30(25-12-16-32-17-13-25)29-7-5-4-6-24(29)2/h4-13,16-17,27,30,33H,3,14-15,18-23H2,1-2H3/t30-/m1/s1. The molecular formula is C31H39N5O. The summed E-state index contributed by atoms with van der Waals surface area (Å²) in [7, 11) is 0. The molecule has 3 aromatic rings. The van der Waals surface area contributed by atoms with Gasteiger partial charge in [-0.3, -0.25) is 9.78 Å². The Bertz CT molecular complexity index is 1150. The minimum atomic E-state index is 0.156. The minimum absolute atomic E-state index is 0.156. The Balaban J connectivity index is 1.19. The number of nitrogens with one attached hydrogen (secondary N) is 1. The summed E-state index contributed by atoms with van der Waals surface area (Å²) >= 11 is 0. The number of likely N-dealkylation sites (N-methyl/N-ethyl adjacent to an activating group) is 1. The molecule has 1 N–H and O–H groups in total. The number of piperidine rings is 1. The minimum Gasteiger partial charge on any atom is -0.371 e. The van der Waals surface area contributed by atoms with Crippen LogP contribution in [0.1, 0.15) is 52.9 Å². The molecule has 5 rings (SSSR count). The number of carbonyl (C=O) groups is 1. The number of anilines is 1. The lowest BCUT2D eigenvalue weighted by Crippen LogP contribution is -2.48. The summed E-state index contributed by atoms with van der Waals surface area (Å²) in [5, 5.41) is 3.96. The zero-order valence-corrected chi connectivity index (χ0v) is 22.1. The van der Waals surface area contributed by atoms with E-state index in [1.54, 1.807) is 0 Å². The number of rotatable bonds is 7. The summed E-state index contributed by atoms with van der Waals surface area (Å²) in [5.41, 5.74) is 5.88. The number of aryl methyl sites for hydroxylation is 1. The van der Waals surface area contributed by atoms with Gasteiger partial charge >= 0.3 is 0 Å². The third-order valence-corrected chi connectivity index (χ3v) is 8.02. The van der Waals surface area contributed by atoms with Crippen molar-refractivity contribution in [1.29, 1.82) is 0 Å². The molecule has 1 aromatic heterocycles. The summed E-state index contributed by atoms with van der Waals surface area (Å²) in [6.45, 7) is 11.0. The lowest BCUT2D eigenvalue weighted by atomic mass is 9.93. The van der Waals surface area contributed by atoms with Crippen LogP contribution >= 0.6 is 0 Å². The number of piperazine rings is 1. The van der Waals surface area contributed by atoms with E-state index in [0.29, 0.717) is 6.04 Å². The molecule has 3 heterocycles. The maximum absolute atomic E-state index is 13.0. The topological polar surface area (TPSA) is 51.7 Å². The zero-order valence-electron chi connectivity index (χ0n) is 22.1. The lowest BCUT2D eigenvalue weighted by molar-refractivity contribution is 0.0643. The fourth-order valence-electron chi connectivity index (χ4n) is 5.64. The highest BCUT2D eigenvalue weighted by Crippen LogP contribution is 2.28. The predicted molar refractivity (Wildman–Crippen MR) is 150 cm³/mol. The SMILES string of the molecule is CCN1CCN(C(=O)c2ccc(N3CCC(N[C@H](c4ccncc4)c4ccccc4C)CC3)cc2)CC1. The molecule has 0 spiro atoms. The number of pyridine rings is 1. The van der Waals surface area contributed by atoms with Gasteiger partial charge in [-0.1, -0.05) is 31.2 Å². The van der Waals surface area contributed by atoms with Crippen LogP contribution in [0.5, 0.6) is 0 Å². The molecule has 6 heteroatoms. The number of hydrogen-bond donors (Lipinski definition) is 1. The Morgan fingerprint density at radius 3 is 2.24 bits per heavy atom. The normalized spacial score (nSPS) is 18.1. The van der Waals surface area contributed by atoms with Crippen LogP contribution in [-0.2, 0) is 0 Å². The maximum Gasteiger partial charge on any atom is 0.253 e. The molecule has 1 atom stereocenters. The first-order valence-corrected chi connectivity index (χ1v) is 13.7. The van der Waals surface area contributed by atoms with Gasteiger partial charge in [-0.2, -0.15) is 0 Å². The molecule has 1 amide bonds. The fourth-order valence-corrected chi connectivity index (χ4v) is 5.64. The number of benzene rings is 2. The molecule has 194 valence electrons. The third-order valence-electron chi connectivity index (χ3n) is 8.02. The predicted octanol–water partition coefficient (Wildman–Crippen LogP) is 4.52. The average molecular weight is 498 g/mol. The molecule has 2 fully saturated rings. The summed E-state index contributed by atoms with van der Waals surface area (Å²) in [5.74, 6) is 0.156. The van der Waals surface area contributed by atoms with Crippen LogP contribution in [-0.4, -0.2) is 72.5 Å². The van der Waals surface area contributed by atoms with Crippen molar-refractivity contribution >= 4 is 11.6 Å². The van der Waals surface area contributed by atoms with E-state index in [0.717, 1.165) is 64.2 Å². The second kappa shape index (κ2) is 11.9. The Morgan fingerprint density at radius 1 is 0.919 bits per heavy atom. The van der Waals surface area contributed by atoms with E-state index in [1.807, 2.05) is 29.4 Å². The van der Waals surface area contributed by atoms with E-state index < -0.39 is 0 Å². The van der Waals surface area contributed by atoms with Gasteiger partial charge in [0.25, 0.3) is 5.91 Å². The van der Waals surface area contributed by atoms with Gasteiger partial charge < -0.3 is 20.0 Å². The van der Waals surface area contributed by atoms with Crippen molar-refractivity contribution < 1.29 is 4.79 Å². The number of aromatic nitrogens is 1. The van der Waals surface area contributed by atoms with E-state index in [-0.39, 0.29) is 11.9 Å². The average Bonchev–Trinajstić information content (AvgIpc) is 2.97. The molecule has 0 bridgehead atoms. The lowest BCUT2D eigenvalue weighted by Gasteiger charge is -2.36. The molecule has 0 radical (unpaired) electrons. The zero-order chi connectivity index (χ0) is 25.6. The molecule has 37 heavy (non-hydrogen) atoms. The highest BCUT2D eigenvalue weighted by atomic mass is 16.2. The fraction of sp³-hybridized carbons (Fsp3) is 0.419. The van der Waals surface area contributed by atoms with Crippen LogP contribution in [0.25, 0.3) is 0 Å². The van der Waals surface area contributed by atoms with Crippen molar-refractivity contribution in [3.05, 3.63) is 95.3 Å². The van der Waals surface area contributed by atoms with Crippen molar-refractivity contribution in [3.63, 3.8) is 0 Å². The van der Waals surface area contributed by atoms with Crippen LogP contribution < -0.4 is 10.2 Å². The molecule has 2 aromatic carbocycles. The molecule has 2 aliphatic rings. The third kappa shape index (κ3) is 6.03. The summed E-state index contributed by atoms with van der Waals surface area (Å²) < 4.78 is 0. The van der Waals surface area contributed by atoms with Gasteiger partial charge in [-0.15, -0.1) is 0 Å². The van der Waals surface area contributed by atoms with Gasteiger partial charge in [-0.25, -0.2) is 0 Å². The van der Waals surface area contributed by atoms with Crippen molar-refractivity contribution in [3.8, 4) is 0 Å². The highest BCUT2D eigenvalue weighted by Gasteiger charge is 2.25. The second-order valence-corrected chi connectivity index (χ2v) is 10.3. The first-order valence-electron chi connectivity index (χ1n) is 13.7. The Labute approximate surface area is 221 Å². The van der Waals surface area contributed by atoms with Gasteiger partial charge in [-0.05, 0) is 79.4 Å². The number of amides is 1. The molecule has 6 nitrogen and oxygen atoms in total. The van der Waals surface area contributed by atoms with E-state index >= 15 is 0 Å². The van der Waals surface area contributed by atoms with Crippen molar-refractivity contribution in [1.82, 2.24) is 20.1 Å². The van der Waals surface area contributed by atoms with Gasteiger partial charge in [0.15, 0.2) is 0 Å². The summed E-state index contributed by atoms with van der Waals surface area (Å²) in [6.07, 6.45) is 5.92. The smallest absolute Gasteiger partial charge is 0.253 e. The van der Waals surface area contributed by atoms with E-state index in [4.69, 9.17) is 0 Å². The van der Waals surface area contributed by atoms with Crippen LogP contribution in [0.4, 0.5) is 5.69 Å². The quantitative estimate of drug-likeness (QED) is 0.520. The van der Waals surface area contributed by atoms with Gasteiger partial charge in [0, 0.05) is 69.0 Å². The first kappa shape index (κ1) is 25.4. The molecule has 0 saturated carbocycles. The van der Waals surface area contributed by atoms with Crippen LogP contribution in [0.2, 0.25) is 0 Å². The molecular weight excluding hydrogens is 458 g/mol. The molecule has 0 unspecified atom stereocenters. The van der Waals surface area contributed by atoms with Crippen LogP contribution in [0.3, 0.4) is 0 Å². The number of hydrogen-bond acceptors (Lipinski definition) is 5. The Hall–Kier alpha value is -3.22. The van der Waals surface area contributed by atoms with Crippen LogP contribution in [0.15, 0.2) is 73.1 Å². The van der Waals surface area contributed by atoms with Gasteiger partial charge in [0.05, 0.1) is 6.04 Å². The number of nitrogens with zero attached hydrogens (tertiary/aromatic N) is 4. The maximum atomic E-state index is 13.0. The van der Waals surface area contributed by atoms with Crippen LogP contribution in [0, 0.1) is 6.92 Å². The van der Waals surface area contributed by atoms with E-state index in [2.05, 4.69) is 82.5 Å². The first-order chi connectivity index (χ1) is 18.1. The van der Waals surface area contributed by atoms with E-state index in [9.17, 15) is 4.79 Å². The Morgan fingerprint density at radius 2 is 1.59 bits per heavy atom. The number of carbonyl (C=O) groups excluding carboxylic acids is 1. The second-order valence-electron chi connectivity index (χ2n) is 10.3. The summed E-state index contributed by atoms with van der Waals surface area (Å²) in [6, 6.07) is 21.7. The summed E-state index contributed by atoms with van der Waals surface area (Å²) in [4.78, 5) is 24.0. The van der Waals surface area contributed by atoms with Gasteiger partial charge in [0.2, 0.25) is 0 Å². The molecule has 2 saturated heterocycles. The largest absolute Gasteiger partial charge is 0.371 e. The monoisotopic (exact) mass is 497 g/mol. The van der Waals surface area contributed by atoms with E-state index in [1.165, 1.54) is 22.4 Å². The van der Waals surface area contributed by atoms with Crippen molar-refractivity contribution in [2.75, 3.05) is 50.7 Å². The van der Waals surface area contributed by atoms with Crippen molar-refractivity contribution in [2.24, 2.45) is 0 Å². The molecule has 2 aliphatic heterocycles. The van der Waals surface area contributed by atoms with Crippen molar-refractivity contribution in [2.45, 2.75) is 38.8 Å². The highest BCUT2D eigenvalue weighted by molar-refractivity contribution is 5.94. The Kier molecular flexibility index (Phi) is 8.17. The molecule has 0 aliphatic carbocycles. The van der Waals surface area contributed by atoms with Gasteiger partial charge in [0.1, 0.15) is 0 Å².